The maximum atomic E-state index is 9.99. The van der Waals surface area contributed by atoms with Crippen LogP contribution in [-0.4, -0.2) is 36.1 Å². The highest BCUT2D eigenvalue weighted by Crippen LogP contribution is 2.12. The summed E-state index contributed by atoms with van der Waals surface area (Å²) in [6.45, 7) is 1.63. The third-order valence-electron chi connectivity index (χ3n) is 1.67. The molecule has 0 spiro atoms. The van der Waals surface area contributed by atoms with Gasteiger partial charge >= 0.3 is 6.41 Å². The van der Waals surface area contributed by atoms with Gasteiger partial charge in [0.15, 0.2) is 0 Å². The molecule has 1 saturated heterocycles. The van der Waals surface area contributed by atoms with Crippen molar-refractivity contribution in [3.8, 4) is 0 Å². The molecule has 51 valence electrons. The number of likely N-dealkylation sites (tertiary alicyclic amines) is 1. The van der Waals surface area contributed by atoms with Gasteiger partial charge < -0.3 is 10.0 Å². The van der Waals surface area contributed by atoms with Crippen molar-refractivity contribution in [1.82, 2.24) is 4.90 Å². The van der Waals surface area contributed by atoms with E-state index in [0.717, 1.165) is 13.0 Å². The fourth-order valence-electron chi connectivity index (χ4n) is 1.06. The Morgan fingerprint density at radius 1 is 1.78 bits per heavy atom. The zero-order valence-corrected chi connectivity index (χ0v) is 5.21. The van der Waals surface area contributed by atoms with Crippen LogP contribution in [0.3, 0.4) is 0 Å². The average molecular weight is 128 g/mol. The average Bonchev–Trinajstić information content (AvgIpc) is 2.34. The van der Waals surface area contributed by atoms with Gasteiger partial charge in [0.05, 0.1) is 0 Å². The van der Waals surface area contributed by atoms with Crippen LogP contribution in [0.15, 0.2) is 0 Å². The third kappa shape index (κ3) is 1.42. The lowest BCUT2D eigenvalue weighted by Gasteiger charge is -2.05. The maximum absolute atomic E-state index is 9.99. The molecular formula is C6H10NO2. The van der Waals surface area contributed by atoms with Crippen molar-refractivity contribution in [2.75, 3.05) is 19.7 Å². The van der Waals surface area contributed by atoms with Gasteiger partial charge in [0, 0.05) is 25.6 Å². The van der Waals surface area contributed by atoms with Gasteiger partial charge in [-0.25, -0.2) is 0 Å². The van der Waals surface area contributed by atoms with Crippen molar-refractivity contribution in [1.29, 1.82) is 0 Å². The second-order valence-corrected chi connectivity index (χ2v) is 2.37. The zero-order chi connectivity index (χ0) is 6.69. The summed E-state index contributed by atoms with van der Waals surface area (Å²) in [5, 5.41) is 8.62. The van der Waals surface area contributed by atoms with E-state index in [2.05, 4.69) is 0 Å². The molecule has 1 aliphatic heterocycles. The Morgan fingerprint density at radius 3 is 2.89 bits per heavy atom. The van der Waals surface area contributed by atoms with Gasteiger partial charge in [-0.15, -0.1) is 0 Å². The number of rotatable bonds is 2. The molecule has 0 aliphatic carbocycles. The summed E-state index contributed by atoms with van der Waals surface area (Å²) in [5.74, 6) is 0.298. The van der Waals surface area contributed by atoms with Gasteiger partial charge in [0.1, 0.15) is 0 Å². The second-order valence-electron chi connectivity index (χ2n) is 2.37. The van der Waals surface area contributed by atoms with Crippen molar-refractivity contribution in [3.63, 3.8) is 0 Å². The summed E-state index contributed by atoms with van der Waals surface area (Å²) in [4.78, 5) is 11.6. The zero-order valence-electron chi connectivity index (χ0n) is 5.21. The van der Waals surface area contributed by atoms with Crippen LogP contribution in [0.2, 0.25) is 0 Å². The summed E-state index contributed by atoms with van der Waals surface area (Å²) >= 11 is 0. The number of aliphatic hydroxyl groups is 1. The molecule has 1 N–H and O–H groups in total. The highest BCUT2D eigenvalue weighted by Gasteiger charge is 2.20. The number of carbonyl (C=O) groups excluding carboxylic acids is 1. The predicted molar refractivity (Wildman–Crippen MR) is 32.5 cm³/mol. The van der Waals surface area contributed by atoms with Crippen LogP contribution < -0.4 is 0 Å². The van der Waals surface area contributed by atoms with Gasteiger partial charge in [0.2, 0.25) is 0 Å². The molecule has 1 amide bonds. The monoisotopic (exact) mass is 128 g/mol. The highest BCUT2D eigenvalue weighted by molar-refractivity contribution is 5.48. The van der Waals surface area contributed by atoms with E-state index >= 15 is 0 Å². The number of nitrogens with zero attached hydrogens (tertiary/aromatic N) is 1. The molecule has 3 heteroatoms. The lowest BCUT2D eigenvalue weighted by molar-refractivity contribution is 0.232. The Morgan fingerprint density at radius 2 is 2.56 bits per heavy atom. The standard InChI is InChI=1S/C6H10NO2/c8-4-6-1-2-7(3-6)5-9/h6,8H,1-4H2. The van der Waals surface area contributed by atoms with Crippen molar-refractivity contribution >= 4 is 6.41 Å². The normalized spacial score (nSPS) is 26.8. The van der Waals surface area contributed by atoms with E-state index in [-0.39, 0.29) is 6.61 Å². The van der Waals surface area contributed by atoms with Crippen molar-refractivity contribution < 1.29 is 9.90 Å². The molecule has 3 nitrogen and oxygen atoms in total. The Bertz CT molecular complexity index is 105. The fourth-order valence-corrected chi connectivity index (χ4v) is 1.06. The Balaban J connectivity index is 2.28. The number of hydrogen-bond acceptors (Lipinski definition) is 2. The lowest BCUT2D eigenvalue weighted by atomic mass is 10.1. The van der Waals surface area contributed by atoms with Crippen molar-refractivity contribution in [2.45, 2.75) is 6.42 Å². The van der Waals surface area contributed by atoms with Gasteiger partial charge in [-0.1, -0.05) is 0 Å². The van der Waals surface area contributed by atoms with Gasteiger partial charge in [0.25, 0.3) is 0 Å². The minimum atomic E-state index is 0.193. The number of aliphatic hydroxyl groups excluding tert-OH is 1. The SMILES string of the molecule is O=[C]N1CCC(CO)C1. The van der Waals surface area contributed by atoms with E-state index in [0.29, 0.717) is 12.5 Å². The van der Waals surface area contributed by atoms with E-state index in [9.17, 15) is 4.79 Å². The number of amides is 1. The summed E-state index contributed by atoms with van der Waals surface area (Å²) in [6, 6.07) is 0. The predicted octanol–water partition coefficient (Wildman–Crippen LogP) is -0.632. The summed E-state index contributed by atoms with van der Waals surface area (Å²) in [7, 11) is 0. The molecule has 0 aromatic carbocycles. The van der Waals surface area contributed by atoms with Crippen molar-refractivity contribution in [3.05, 3.63) is 0 Å². The van der Waals surface area contributed by atoms with E-state index < -0.39 is 0 Å². The Labute approximate surface area is 54.3 Å². The summed E-state index contributed by atoms with van der Waals surface area (Å²) < 4.78 is 0. The van der Waals surface area contributed by atoms with E-state index in [1.807, 2.05) is 0 Å². The molecule has 1 atom stereocenters. The fraction of sp³-hybridized carbons (Fsp3) is 0.833. The van der Waals surface area contributed by atoms with Crippen LogP contribution in [0.25, 0.3) is 0 Å². The largest absolute Gasteiger partial charge is 0.396 e. The smallest absolute Gasteiger partial charge is 0.312 e. The molecule has 1 unspecified atom stereocenters. The van der Waals surface area contributed by atoms with Crippen LogP contribution >= 0.6 is 0 Å². The molecule has 1 fully saturated rings. The van der Waals surface area contributed by atoms with Crippen LogP contribution in [0.4, 0.5) is 0 Å². The first-order valence-electron chi connectivity index (χ1n) is 3.10. The molecule has 9 heavy (non-hydrogen) atoms. The molecule has 0 aromatic rings. The van der Waals surface area contributed by atoms with Crippen LogP contribution in [0.1, 0.15) is 6.42 Å². The van der Waals surface area contributed by atoms with Gasteiger partial charge in [-0.05, 0) is 6.42 Å². The van der Waals surface area contributed by atoms with Crippen LogP contribution in [0, 0.1) is 5.92 Å². The van der Waals surface area contributed by atoms with Crippen molar-refractivity contribution in [2.24, 2.45) is 5.92 Å². The van der Waals surface area contributed by atoms with Crippen LogP contribution in [0.5, 0.6) is 0 Å². The molecule has 1 heterocycles. The first kappa shape index (κ1) is 6.55. The van der Waals surface area contributed by atoms with Gasteiger partial charge in [-0.2, -0.15) is 0 Å². The molecule has 1 aliphatic rings. The molecular weight excluding hydrogens is 118 g/mol. The Hall–Kier alpha value is -0.570. The first-order valence-corrected chi connectivity index (χ1v) is 3.10. The highest BCUT2D eigenvalue weighted by atomic mass is 16.3. The minimum absolute atomic E-state index is 0.193. The maximum Gasteiger partial charge on any atom is 0.312 e. The molecule has 0 bridgehead atoms. The Kier molecular flexibility index (Phi) is 2.05. The molecule has 1 rings (SSSR count). The lowest BCUT2D eigenvalue weighted by Crippen LogP contribution is -2.18. The quantitative estimate of drug-likeness (QED) is 0.537. The molecule has 0 aromatic heterocycles. The topological polar surface area (TPSA) is 40.5 Å². The minimum Gasteiger partial charge on any atom is -0.396 e. The van der Waals surface area contributed by atoms with E-state index in [4.69, 9.17) is 5.11 Å². The van der Waals surface area contributed by atoms with Crippen LogP contribution in [-0.2, 0) is 4.79 Å². The molecule has 1 radical (unpaired) electrons. The van der Waals surface area contributed by atoms with E-state index in [1.165, 1.54) is 0 Å². The van der Waals surface area contributed by atoms with E-state index in [1.54, 1.807) is 11.3 Å². The molecule has 0 saturated carbocycles. The summed E-state index contributed by atoms with van der Waals surface area (Å²) in [5.41, 5.74) is 0. The second kappa shape index (κ2) is 2.82. The van der Waals surface area contributed by atoms with Gasteiger partial charge in [-0.3, -0.25) is 4.79 Å². The summed E-state index contributed by atoms with van der Waals surface area (Å²) in [6.07, 6.45) is 2.72. The first-order chi connectivity index (χ1) is 4.36. The number of hydrogen-bond donors (Lipinski definition) is 1. The third-order valence-corrected chi connectivity index (χ3v) is 1.67.